The molecule has 0 saturated heterocycles. The van der Waals surface area contributed by atoms with Crippen molar-refractivity contribution >= 4 is 0 Å². The molecule has 0 saturated carbocycles. The zero-order valence-electron chi connectivity index (χ0n) is 8.73. The SMILES string of the molecule is CC(C)(C)n1cc(CC[N+](=O)[O-])cn1. The number of nitro groups is 1. The van der Waals surface area contributed by atoms with Gasteiger partial charge < -0.3 is 0 Å². The third kappa shape index (κ3) is 2.83. The van der Waals surface area contributed by atoms with Crippen LogP contribution in [0.3, 0.4) is 0 Å². The van der Waals surface area contributed by atoms with Crippen LogP contribution in [0, 0.1) is 10.1 Å². The van der Waals surface area contributed by atoms with Gasteiger partial charge in [0.15, 0.2) is 0 Å². The van der Waals surface area contributed by atoms with Crippen LogP contribution in [-0.2, 0) is 12.0 Å². The van der Waals surface area contributed by atoms with Gasteiger partial charge in [-0.25, -0.2) is 0 Å². The molecule has 1 rings (SSSR count). The summed E-state index contributed by atoms with van der Waals surface area (Å²) in [6.07, 6.45) is 4.00. The Morgan fingerprint density at radius 1 is 1.57 bits per heavy atom. The Labute approximate surface area is 82.9 Å². The van der Waals surface area contributed by atoms with Crippen molar-refractivity contribution < 1.29 is 4.92 Å². The van der Waals surface area contributed by atoms with E-state index in [1.54, 1.807) is 6.20 Å². The Morgan fingerprint density at radius 3 is 2.64 bits per heavy atom. The van der Waals surface area contributed by atoms with Crippen molar-refractivity contribution in [1.29, 1.82) is 0 Å². The van der Waals surface area contributed by atoms with Crippen LogP contribution in [0.5, 0.6) is 0 Å². The smallest absolute Gasteiger partial charge is 0.208 e. The van der Waals surface area contributed by atoms with Crippen molar-refractivity contribution in [3.63, 3.8) is 0 Å². The van der Waals surface area contributed by atoms with Gasteiger partial charge in [0, 0.05) is 17.5 Å². The van der Waals surface area contributed by atoms with Crippen LogP contribution in [0.4, 0.5) is 0 Å². The van der Waals surface area contributed by atoms with E-state index in [1.165, 1.54) is 0 Å². The van der Waals surface area contributed by atoms with E-state index < -0.39 is 0 Å². The predicted molar refractivity (Wildman–Crippen MR) is 52.8 cm³/mol. The molecule has 0 spiro atoms. The summed E-state index contributed by atoms with van der Waals surface area (Å²) < 4.78 is 1.82. The van der Waals surface area contributed by atoms with Crippen LogP contribution in [0.15, 0.2) is 12.4 Å². The van der Waals surface area contributed by atoms with Crippen LogP contribution in [-0.4, -0.2) is 21.2 Å². The molecular formula is C9H15N3O2. The Balaban J connectivity index is 2.64. The van der Waals surface area contributed by atoms with E-state index >= 15 is 0 Å². The molecule has 0 N–H and O–H groups in total. The minimum atomic E-state index is -0.311. The maximum absolute atomic E-state index is 10.2. The highest BCUT2D eigenvalue weighted by Gasteiger charge is 2.14. The summed E-state index contributed by atoms with van der Waals surface area (Å²) in [5.41, 5.74) is 0.851. The molecule has 14 heavy (non-hydrogen) atoms. The van der Waals surface area contributed by atoms with Crippen molar-refractivity contribution in [2.75, 3.05) is 6.54 Å². The number of aromatic nitrogens is 2. The zero-order valence-corrected chi connectivity index (χ0v) is 8.73. The molecule has 0 radical (unpaired) electrons. The fraction of sp³-hybridized carbons (Fsp3) is 0.667. The number of hydrogen-bond acceptors (Lipinski definition) is 3. The van der Waals surface area contributed by atoms with Crippen molar-refractivity contribution in [1.82, 2.24) is 9.78 Å². The van der Waals surface area contributed by atoms with E-state index in [0.29, 0.717) is 6.42 Å². The van der Waals surface area contributed by atoms with Gasteiger partial charge in [-0.3, -0.25) is 14.8 Å². The van der Waals surface area contributed by atoms with Gasteiger partial charge in [-0.05, 0) is 26.3 Å². The monoisotopic (exact) mass is 197 g/mol. The molecule has 0 aromatic carbocycles. The third-order valence-corrected chi connectivity index (χ3v) is 1.91. The van der Waals surface area contributed by atoms with Gasteiger partial charge in [-0.1, -0.05) is 0 Å². The van der Waals surface area contributed by atoms with Gasteiger partial charge >= 0.3 is 0 Å². The molecule has 5 heteroatoms. The second-order valence-corrected chi connectivity index (χ2v) is 4.27. The Kier molecular flexibility index (Phi) is 2.88. The van der Waals surface area contributed by atoms with Gasteiger partial charge in [0.05, 0.1) is 11.7 Å². The zero-order chi connectivity index (χ0) is 10.8. The normalized spacial score (nSPS) is 11.6. The van der Waals surface area contributed by atoms with E-state index in [9.17, 15) is 10.1 Å². The van der Waals surface area contributed by atoms with Gasteiger partial charge in [0.1, 0.15) is 0 Å². The number of hydrogen-bond donors (Lipinski definition) is 0. The molecule has 0 amide bonds. The fourth-order valence-electron chi connectivity index (χ4n) is 1.08. The summed E-state index contributed by atoms with van der Waals surface area (Å²) in [6.45, 7) is 6.09. The summed E-state index contributed by atoms with van der Waals surface area (Å²) >= 11 is 0. The summed E-state index contributed by atoms with van der Waals surface area (Å²) in [6, 6.07) is 0. The Bertz CT molecular complexity index is 325. The lowest BCUT2D eigenvalue weighted by atomic mass is 10.1. The van der Waals surface area contributed by atoms with Gasteiger partial charge in [0.2, 0.25) is 6.54 Å². The van der Waals surface area contributed by atoms with Crippen LogP contribution in [0.2, 0.25) is 0 Å². The average Bonchev–Trinajstić information content (AvgIpc) is 2.47. The lowest BCUT2D eigenvalue weighted by Crippen LogP contribution is -2.21. The standard InChI is InChI=1S/C9H15N3O2/c1-9(2,3)11-7-8(6-10-11)4-5-12(13)14/h6-7H,4-5H2,1-3H3. The number of rotatable bonds is 3. The topological polar surface area (TPSA) is 61.0 Å². The summed E-state index contributed by atoms with van der Waals surface area (Å²) in [5.74, 6) is 0. The summed E-state index contributed by atoms with van der Waals surface area (Å²) in [4.78, 5) is 9.84. The van der Waals surface area contributed by atoms with Crippen molar-refractivity contribution in [3.8, 4) is 0 Å². The molecule has 0 fully saturated rings. The molecule has 0 unspecified atom stereocenters. The molecule has 1 heterocycles. The lowest BCUT2D eigenvalue weighted by molar-refractivity contribution is -0.479. The molecular weight excluding hydrogens is 182 g/mol. The van der Waals surface area contributed by atoms with Gasteiger partial charge in [-0.15, -0.1) is 0 Å². The molecule has 0 aliphatic rings. The maximum Gasteiger partial charge on any atom is 0.208 e. The van der Waals surface area contributed by atoms with Crippen LogP contribution in [0.1, 0.15) is 26.3 Å². The van der Waals surface area contributed by atoms with Crippen molar-refractivity contribution in [2.24, 2.45) is 0 Å². The second-order valence-electron chi connectivity index (χ2n) is 4.27. The van der Waals surface area contributed by atoms with E-state index in [4.69, 9.17) is 0 Å². The van der Waals surface area contributed by atoms with Gasteiger partial charge in [-0.2, -0.15) is 5.10 Å². The fourth-order valence-corrected chi connectivity index (χ4v) is 1.08. The molecule has 78 valence electrons. The maximum atomic E-state index is 10.2. The molecule has 0 bridgehead atoms. The summed E-state index contributed by atoms with van der Waals surface area (Å²) in [7, 11) is 0. The average molecular weight is 197 g/mol. The summed E-state index contributed by atoms with van der Waals surface area (Å²) in [5, 5.41) is 14.3. The molecule has 0 aliphatic carbocycles. The van der Waals surface area contributed by atoms with Crippen molar-refractivity contribution in [2.45, 2.75) is 32.7 Å². The van der Waals surface area contributed by atoms with Gasteiger partial charge in [0.25, 0.3) is 0 Å². The molecule has 0 aliphatic heterocycles. The quantitative estimate of drug-likeness (QED) is 0.544. The molecule has 0 atom stereocenters. The van der Waals surface area contributed by atoms with Crippen LogP contribution >= 0.6 is 0 Å². The van der Waals surface area contributed by atoms with E-state index in [2.05, 4.69) is 5.10 Å². The van der Waals surface area contributed by atoms with Crippen molar-refractivity contribution in [3.05, 3.63) is 28.1 Å². The minimum absolute atomic E-state index is 0.0319. The largest absolute Gasteiger partial charge is 0.267 e. The second kappa shape index (κ2) is 3.77. The Hall–Kier alpha value is -1.39. The van der Waals surface area contributed by atoms with E-state index in [1.807, 2.05) is 31.6 Å². The molecule has 1 aromatic heterocycles. The molecule has 5 nitrogen and oxygen atoms in total. The first kappa shape index (κ1) is 10.7. The first-order valence-corrected chi connectivity index (χ1v) is 4.55. The highest BCUT2D eigenvalue weighted by atomic mass is 16.6. The number of nitrogens with zero attached hydrogens (tertiary/aromatic N) is 3. The predicted octanol–water partition coefficient (Wildman–Crippen LogP) is 1.46. The van der Waals surface area contributed by atoms with Crippen LogP contribution < -0.4 is 0 Å². The highest BCUT2D eigenvalue weighted by Crippen LogP contribution is 2.13. The first-order chi connectivity index (χ1) is 6.39. The highest BCUT2D eigenvalue weighted by molar-refractivity contribution is 5.05. The van der Waals surface area contributed by atoms with E-state index in [0.717, 1.165) is 5.56 Å². The third-order valence-electron chi connectivity index (χ3n) is 1.91. The Morgan fingerprint density at radius 2 is 2.21 bits per heavy atom. The van der Waals surface area contributed by atoms with Crippen LogP contribution in [0.25, 0.3) is 0 Å². The minimum Gasteiger partial charge on any atom is -0.267 e. The lowest BCUT2D eigenvalue weighted by Gasteiger charge is -2.18. The first-order valence-electron chi connectivity index (χ1n) is 4.55. The van der Waals surface area contributed by atoms with E-state index in [-0.39, 0.29) is 17.0 Å². The molecule has 1 aromatic rings.